The number of carboxylic acids is 1. The number of carboxylic acid groups (broad SMARTS) is 1. The molecule has 4 N–H and O–H groups in total. The molecule has 15 heteroatoms. The molecule has 1 aliphatic rings. The molecule has 2 aromatic carbocycles. The van der Waals surface area contributed by atoms with Crippen LogP contribution in [-0.4, -0.2) is 42.0 Å². The predicted octanol–water partition coefficient (Wildman–Crippen LogP) is 8.43. The molecule has 1 saturated carbocycles. The number of nitrogens with one attached hydrogen (secondary N) is 3. The number of methoxy groups -OCH3 is 1. The number of hydrogen-bond acceptors (Lipinski definition) is 6. The van der Waals surface area contributed by atoms with Gasteiger partial charge in [-0.15, -0.1) is 24.5 Å². The van der Waals surface area contributed by atoms with Crippen LogP contribution >= 0.6 is 34.5 Å². The van der Waals surface area contributed by atoms with Crippen LogP contribution in [-0.2, 0) is 4.79 Å². The number of amides is 3. The molecule has 0 spiro atoms. The Hall–Kier alpha value is -3.68. The maximum absolute atomic E-state index is 13.7. The maximum atomic E-state index is 13.7. The van der Waals surface area contributed by atoms with Crippen LogP contribution in [0.4, 0.5) is 29.3 Å². The lowest BCUT2D eigenvalue weighted by Crippen LogP contribution is -2.57. The van der Waals surface area contributed by atoms with Gasteiger partial charge in [-0.3, -0.25) is 4.79 Å². The van der Waals surface area contributed by atoms with E-state index in [4.69, 9.17) is 27.9 Å². The highest BCUT2D eigenvalue weighted by molar-refractivity contribution is 7.18. The van der Waals surface area contributed by atoms with Crippen LogP contribution in [0.1, 0.15) is 48.7 Å². The van der Waals surface area contributed by atoms with Crippen LogP contribution in [0.15, 0.2) is 42.5 Å². The second kappa shape index (κ2) is 13.5. The fourth-order valence-electron chi connectivity index (χ4n) is 4.98. The first-order valence-corrected chi connectivity index (χ1v) is 14.9. The number of hydrogen-bond donors (Lipinski definition) is 4. The van der Waals surface area contributed by atoms with Gasteiger partial charge in [-0.2, -0.15) is 0 Å². The number of benzene rings is 2. The van der Waals surface area contributed by atoms with Gasteiger partial charge in [-0.1, -0.05) is 42.5 Å². The summed E-state index contributed by atoms with van der Waals surface area (Å²) in [5.74, 6) is -2.23. The normalized spacial score (nSPS) is 15.2. The average molecular weight is 675 g/mol. The molecule has 1 aromatic heterocycles. The van der Waals surface area contributed by atoms with Crippen LogP contribution in [0, 0.1) is 5.92 Å². The van der Waals surface area contributed by atoms with E-state index in [1.807, 2.05) is 0 Å². The number of alkyl halides is 3. The van der Waals surface area contributed by atoms with Gasteiger partial charge in [-0.25, -0.2) is 9.59 Å². The van der Waals surface area contributed by atoms with Crippen molar-refractivity contribution < 1.29 is 42.1 Å². The summed E-state index contributed by atoms with van der Waals surface area (Å²) in [5, 5.41) is 17.1. The van der Waals surface area contributed by atoms with E-state index < -0.39 is 35.6 Å². The summed E-state index contributed by atoms with van der Waals surface area (Å²) in [4.78, 5) is 39.7. The average Bonchev–Trinajstić information content (AvgIpc) is 3.38. The lowest BCUT2D eigenvalue weighted by atomic mass is 9.75. The molecule has 1 fully saturated rings. The minimum absolute atomic E-state index is 0.0281. The number of halogens is 5. The van der Waals surface area contributed by atoms with Gasteiger partial charge in [0.15, 0.2) is 0 Å². The number of carbonyl (C=O) groups is 3. The van der Waals surface area contributed by atoms with Gasteiger partial charge in [0.1, 0.15) is 21.9 Å². The Morgan fingerprint density at radius 2 is 1.57 bits per heavy atom. The highest BCUT2D eigenvalue weighted by Gasteiger charge is 2.43. The van der Waals surface area contributed by atoms with Crippen molar-refractivity contribution in [2.24, 2.45) is 5.92 Å². The van der Waals surface area contributed by atoms with E-state index >= 15 is 0 Å². The Bertz CT molecular complexity index is 1520. The van der Waals surface area contributed by atoms with Crippen molar-refractivity contribution in [2.75, 3.05) is 17.7 Å². The lowest BCUT2D eigenvalue weighted by molar-refractivity contribution is -0.274. The first kappa shape index (κ1) is 33.2. The highest BCUT2D eigenvalue weighted by atomic mass is 35.5. The van der Waals surface area contributed by atoms with E-state index in [9.17, 15) is 32.7 Å². The van der Waals surface area contributed by atoms with Gasteiger partial charge in [0.25, 0.3) is 5.91 Å². The fourth-order valence-corrected chi connectivity index (χ4v) is 6.56. The first-order valence-electron chi connectivity index (χ1n) is 13.4. The molecular weight excluding hydrogens is 646 g/mol. The summed E-state index contributed by atoms with van der Waals surface area (Å²) in [6, 6.07) is 9.24. The van der Waals surface area contributed by atoms with Gasteiger partial charge >= 0.3 is 18.4 Å². The number of carbonyl (C=O) groups excluding carboxylic acids is 2. The standard InChI is InChI=1S/C29H28Cl2F3N3O6S/c1-28(26(39)40,16-6-4-3-5-7-16)37-25(38)24-21(14-22(44-24)15-8-10-17(42-2)11-9-15)35-27(41)36-23-19(30)12-18(13-20(23)31)43-29(32,33)34/h8-14,16H,3-7H2,1-2H3,(H,37,38)(H,39,40)(H2,35,36,41)/t28-/m0/s1. The van der Waals surface area contributed by atoms with Crippen molar-refractivity contribution in [1.29, 1.82) is 0 Å². The van der Waals surface area contributed by atoms with Gasteiger partial charge in [0, 0.05) is 17.0 Å². The Morgan fingerprint density at radius 3 is 2.11 bits per heavy atom. The van der Waals surface area contributed by atoms with Crippen molar-refractivity contribution in [3.63, 3.8) is 0 Å². The lowest BCUT2D eigenvalue weighted by Gasteiger charge is -2.37. The summed E-state index contributed by atoms with van der Waals surface area (Å²) >= 11 is 13.2. The Kier molecular flexibility index (Phi) is 10.2. The molecule has 0 radical (unpaired) electrons. The molecule has 1 aliphatic carbocycles. The summed E-state index contributed by atoms with van der Waals surface area (Å²) in [7, 11) is 1.52. The van der Waals surface area contributed by atoms with Gasteiger partial charge < -0.3 is 30.5 Å². The number of aliphatic carboxylic acids is 1. The maximum Gasteiger partial charge on any atom is 0.573 e. The largest absolute Gasteiger partial charge is 0.573 e. The molecule has 0 saturated heterocycles. The van der Waals surface area contributed by atoms with Crippen molar-refractivity contribution in [3.8, 4) is 21.9 Å². The molecule has 4 rings (SSSR count). The quantitative estimate of drug-likeness (QED) is 0.181. The molecule has 236 valence electrons. The molecule has 44 heavy (non-hydrogen) atoms. The second-order valence-corrected chi connectivity index (χ2v) is 12.1. The summed E-state index contributed by atoms with van der Waals surface area (Å²) < 4.78 is 46.9. The van der Waals surface area contributed by atoms with Crippen molar-refractivity contribution in [1.82, 2.24) is 5.32 Å². The summed E-state index contributed by atoms with van der Waals surface area (Å²) in [6.45, 7) is 1.48. The second-order valence-electron chi connectivity index (χ2n) is 10.3. The fraction of sp³-hybridized carbons (Fsp3) is 0.345. The number of thiophene rings is 1. The Morgan fingerprint density at radius 1 is 0.955 bits per heavy atom. The van der Waals surface area contributed by atoms with E-state index in [0.717, 1.165) is 42.7 Å². The molecule has 3 aromatic rings. The third kappa shape index (κ3) is 7.88. The summed E-state index contributed by atoms with van der Waals surface area (Å²) in [6.07, 6.45) is -0.994. The summed E-state index contributed by atoms with van der Waals surface area (Å²) in [5.41, 5.74) is -1.01. The van der Waals surface area contributed by atoms with Crippen LogP contribution < -0.4 is 25.4 Å². The van der Waals surface area contributed by atoms with Crippen LogP contribution in [0.25, 0.3) is 10.4 Å². The van der Waals surface area contributed by atoms with E-state index in [2.05, 4.69) is 20.7 Å². The number of ether oxygens (including phenoxy) is 2. The van der Waals surface area contributed by atoms with Crippen molar-refractivity contribution in [3.05, 3.63) is 57.4 Å². The molecule has 3 amide bonds. The predicted molar refractivity (Wildman–Crippen MR) is 162 cm³/mol. The zero-order valence-electron chi connectivity index (χ0n) is 23.4. The van der Waals surface area contributed by atoms with Gasteiger partial charge in [0.2, 0.25) is 0 Å². The molecular formula is C29H28Cl2F3N3O6S. The smallest absolute Gasteiger partial charge is 0.497 e. The minimum Gasteiger partial charge on any atom is -0.497 e. The van der Waals surface area contributed by atoms with Crippen LogP contribution in [0.3, 0.4) is 0 Å². The van der Waals surface area contributed by atoms with E-state index in [1.54, 1.807) is 30.3 Å². The Balaban J connectivity index is 1.64. The van der Waals surface area contributed by atoms with Crippen LogP contribution in [0.5, 0.6) is 11.5 Å². The van der Waals surface area contributed by atoms with Gasteiger partial charge in [0.05, 0.1) is 28.5 Å². The van der Waals surface area contributed by atoms with Crippen LogP contribution in [0.2, 0.25) is 10.0 Å². The molecule has 1 atom stereocenters. The van der Waals surface area contributed by atoms with E-state index in [0.29, 0.717) is 29.0 Å². The first-order chi connectivity index (χ1) is 20.7. The third-order valence-electron chi connectivity index (χ3n) is 7.29. The SMILES string of the molecule is COc1ccc(-c2cc(NC(=O)Nc3c(Cl)cc(OC(F)(F)F)cc3Cl)c(C(=O)N[C@](C)(C(=O)O)C3CCCCC3)s2)cc1. The molecule has 0 unspecified atom stereocenters. The zero-order valence-corrected chi connectivity index (χ0v) is 25.8. The topological polar surface area (TPSA) is 126 Å². The molecule has 1 heterocycles. The molecule has 9 nitrogen and oxygen atoms in total. The van der Waals surface area contributed by atoms with Crippen molar-refractivity contribution in [2.45, 2.75) is 50.9 Å². The van der Waals surface area contributed by atoms with E-state index in [1.165, 1.54) is 14.0 Å². The number of urea groups is 1. The Labute approximate surface area is 264 Å². The number of anilines is 2. The highest BCUT2D eigenvalue weighted by Crippen LogP contribution is 2.39. The molecule has 0 bridgehead atoms. The van der Waals surface area contributed by atoms with Gasteiger partial charge in [-0.05, 0) is 61.6 Å². The molecule has 0 aliphatic heterocycles. The number of rotatable bonds is 9. The zero-order chi connectivity index (χ0) is 32.2. The van der Waals surface area contributed by atoms with E-state index in [-0.39, 0.29) is 32.2 Å². The third-order valence-corrected chi connectivity index (χ3v) is 9.07. The minimum atomic E-state index is -4.98. The van der Waals surface area contributed by atoms with Crippen molar-refractivity contribution >= 4 is 63.8 Å². The monoisotopic (exact) mass is 673 g/mol.